The van der Waals surface area contributed by atoms with E-state index in [0.29, 0.717) is 16.9 Å². The average Bonchev–Trinajstić information content (AvgIpc) is 3.18. The minimum absolute atomic E-state index is 0.101. The highest BCUT2D eigenvalue weighted by atomic mass is 16.3. The summed E-state index contributed by atoms with van der Waals surface area (Å²) in [6.45, 7) is 2.12. The van der Waals surface area contributed by atoms with E-state index < -0.39 is 0 Å². The number of nitrogen functional groups attached to an aromatic ring is 1. The highest BCUT2D eigenvalue weighted by Gasteiger charge is 2.15. The molecule has 0 amide bonds. The van der Waals surface area contributed by atoms with Crippen LogP contribution in [0.3, 0.4) is 0 Å². The first kappa shape index (κ1) is 16.3. The van der Waals surface area contributed by atoms with Crippen molar-refractivity contribution >= 4 is 28.8 Å². The molecule has 1 aliphatic heterocycles. The van der Waals surface area contributed by atoms with E-state index in [4.69, 9.17) is 10.7 Å². The fourth-order valence-electron chi connectivity index (χ4n) is 3.35. The molecule has 0 saturated carbocycles. The summed E-state index contributed by atoms with van der Waals surface area (Å²) < 4.78 is 0. The van der Waals surface area contributed by atoms with E-state index in [0.717, 1.165) is 35.5 Å². The molecule has 0 radical (unpaired) electrons. The molecule has 0 atom stereocenters. The lowest BCUT2D eigenvalue weighted by atomic mass is 10.0. The Morgan fingerprint density at radius 1 is 1.08 bits per heavy atom. The Morgan fingerprint density at radius 3 is 2.58 bits per heavy atom. The van der Waals surface area contributed by atoms with Crippen molar-refractivity contribution in [3.63, 3.8) is 0 Å². The van der Waals surface area contributed by atoms with Crippen LogP contribution in [0, 0.1) is 0 Å². The number of benzene rings is 1. The van der Waals surface area contributed by atoms with E-state index in [9.17, 15) is 5.11 Å². The molecule has 3 aromatic rings. The van der Waals surface area contributed by atoms with E-state index in [1.54, 1.807) is 19.3 Å². The predicted molar refractivity (Wildman–Crippen MR) is 106 cm³/mol. The Balaban J connectivity index is 1.76. The van der Waals surface area contributed by atoms with Crippen molar-refractivity contribution in [3.05, 3.63) is 42.0 Å². The third kappa shape index (κ3) is 2.94. The molecule has 6 heteroatoms. The molecule has 1 saturated heterocycles. The molecule has 0 aliphatic carbocycles. The lowest BCUT2D eigenvalue weighted by Gasteiger charge is -2.16. The number of hydrogen-bond acceptors (Lipinski definition) is 6. The van der Waals surface area contributed by atoms with E-state index >= 15 is 0 Å². The maximum Gasteiger partial charge on any atom is 0.129 e. The average molecular weight is 347 g/mol. The molecular weight excluding hydrogens is 326 g/mol. The molecule has 26 heavy (non-hydrogen) atoms. The smallest absolute Gasteiger partial charge is 0.129 e. The van der Waals surface area contributed by atoms with Gasteiger partial charge in [-0.2, -0.15) is 0 Å². The standard InChI is InChI=1S/C20H21N5O/c1-22-12-13-10-14(19(26)11-15(13)21)16-4-5-18-17(23-16)6-7-20(24-18)25-8-2-3-9-25/h4-7,10-12,26H,2-3,8-9,21H2,1H3. The zero-order valence-corrected chi connectivity index (χ0v) is 14.7. The van der Waals surface area contributed by atoms with Crippen molar-refractivity contribution in [3.8, 4) is 17.0 Å². The van der Waals surface area contributed by atoms with Crippen molar-refractivity contribution in [2.45, 2.75) is 12.8 Å². The van der Waals surface area contributed by atoms with Gasteiger partial charge in [0.05, 0.1) is 16.7 Å². The van der Waals surface area contributed by atoms with Crippen LogP contribution in [0.15, 0.2) is 41.4 Å². The van der Waals surface area contributed by atoms with Crippen LogP contribution >= 0.6 is 0 Å². The Labute approximate surface area is 152 Å². The van der Waals surface area contributed by atoms with Gasteiger partial charge >= 0.3 is 0 Å². The number of aromatic nitrogens is 2. The number of aliphatic imine (C=N–C) groups is 1. The summed E-state index contributed by atoms with van der Waals surface area (Å²) in [5.74, 6) is 1.10. The highest BCUT2D eigenvalue weighted by Crippen LogP contribution is 2.33. The van der Waals surface area contributed by atoms with Gasteiger partial charge in [0.25, 0.3) is 0 Å². The fraction of sp³-hybridized carbons (Fsp3) is 0.250. The van der Waals surface area contributed by atoms with Gasteiger partial charge < -0.3 is 15.7 Å². The molecule has 3 heterocycles. The van der Waals surface area contributed by atoms with Crippen molar-refractivity contribution in [1.82, 2.24) is 9.97 Å². The van der Waals surface area contributed by atoms with Gasteiger partial charge in [0.1, 0.15) is 11.6 Å². The molecule has 0 unspecified atom stereocenters. The molecule has 4 rings (SSSR count). The van der Waals surface area contributed by atoms with Crippen LogP contribution in [0.2, 0.25) is 0 Å². The molecular formula is C20H21N5O. The molecule has 1 aliphatic rings. The number of nitrogens with two attached hydrogens (primary N) is 1. The van der Waals surface area contributed by atoms with E-state index in [2.05, 4.69) is 14.9 Å². The van der Waals surface area contributed by atoms with Crippen LogP contribution in [0.4, 0.5) is 11.5 Å². The Morgan fingerprint density at radius 2 is 1.81 bits per heavy atom. The van der Waals surface area contributed by atoms with E-state index in [-0.39, 0.29) is 5.75 Å². The summed E-state index contributed by atoms with van der Waals surface area (Å²) in [5, 5.41) is 10.3. The number of phenolic OH excluding ortho intramolecular Hbond substituents is 1. The van der Waals surface area contributed by atoms with E-state index in [1.165, 1.54) is 18.9 Å². The van der Waals surface area contributed by atoms with E-state index in [1.807, 2.05) is 24.3 Å². The van der Waals surface area contributed by atoms with Gasteiger partial charge in [-0.3, -0.25) is 4.99 Å². The third-order valence-electron chi connectivity index (χ3n) is 4.70. The molecule has 1 fully saturated rings. The summed E-state index contributed by atoms with van der Waals surface area (Å²) in [6, 6.07) is 11.2. The van der Waals surface area contributed by atoms with Crippen LogP contribution in [0.25, 0.3) is 22.3 Å². The van der Waals surface area contributed by atoms with Crippen LogP contribution in [-0.2, 0) is 0 Å². The lowest BCUT2D eigenvalue weighted by Crippen LogP contribution is -2.18. The summed E-state index contributed by atoms with van der Waals surface area (Å²) in [5.41, 5.74) is 10.1. The number of anilines is 2. The zero-order chi connectivity index (χ0) is 18.1. The predicted octanol–water partition coefficient (Wildman–Crippen LogP) is 3.23. The molecule has 1 aromatic carbocycles. The summed E-state index contributed by atoms with van der Waals surface area (Å²) in [7, 11) is 1.68. The number of fused-ring (bicyclic) bond motifs is 1. The maximum absolute atomic E-state index is 10.3. The van der Waals surface area contributed by atoms with Gasteiger partial charge in [0, 0.05) is 49.2 Å². The molecule has 3 N–H and O–H groups in total. The van der Waals surface area contributed by atoms with Gasteiger partial charge in [-0.1, -0.05) is 0 Å². The van der Waals surface area contributed by atoms with Crippen LogP contribution in [0.5, 0.6) is 5.75 Å². The van der Waals surface area contributed by atoms with Crippen LogP contribution in [-0.4, -0.2) is 41.4 Å². The molecule has 0 spiro atoms. The first-order valence-corrected chi connectivity index (χ1v) is 8.73. The zero-order valence-electron chi connectivity index (χ0n) is 14.7. The monoisotopic (exact) mass is 347 g/mol. The number of phenols is 1. The summed E-state index contributed by atoms with van der Waals surface area (Å²) in [4.78, 5) is 15.7. The second kappa shape index (κ2) is 6.63. The highest BCUT2D eigenvalue weighted by molar-refractivity contribution is 5.91. The topological polar surface area (TPSA) is 87.6 Å². The molecule has 6 nitrogen and oxygen atoms in total. The van der Waals surface area contributed by atoms with Crippen molar-refractivity contribution in [2.24, 2.45) is 4.99 Å². The first-order chi connectivity index (χ1) is 12.7. The number of rotatable bonds is 3. The van der Waals surface area contributed by atoms with Gasteiger partial charge in [-0.15, -0.1) is 0 Å². The third-order valence-corrected chi connectivity index (χ3v) is 4.70. The van der Waals surface area contributed by atoms with Gasteiger partial charge in [0.15, 0.2) is 0 Å². The van der Waals surface area contributed by atoms with Gasteiger partial charge in [-0.25, -0.2) is 9.97 Å². The van der Waals surface area contributed by atoms with Gasteiger partial charge in [-0.05, 0) is 43.2 Å². The number of aromatic hydroxyl groups is 1. The molecule has 2 aromatic heterocycles. The SMILES string of the molecule is CN=Cc1cc(-c2ccc3nc(N4CCCC4)ccc3n2)c(O)cc1N. The quantitative estimate of drug-likeness (QED) is 0.561. The first-order valence-electron chi connectivity index (χ1n) is 8.73. The summed E-state index contributed by atoms with van der Waals surface area (Å²) in [6.07, 6.45) is 4.11. The van der Waals surface area contributed by atoms with Crippen molar-refractivity contribution < 1.29 is 5.11 Å². The minimum atomic E-state index is 0.101. The molecule has 0 bridgehead atoms. The number of nitrogens with zero attached hydrogens (tertiary/aromatic N) is 4. The lowest BCUT2D eigenvalue weighted by molar-refractivity contribution is 0.477. The number of hydrogen-bond donors (Lipinski definition) is 2. The minimum Gasteiger partial charge on any atom is -0.507 e. The van der Waals surface area contributed by atoms with Crippen molar-refractivity contribution in [2.75, 3.05) is 30.8 Å². The maximum atomic E-state index is 10.3. The van der Waals surface area contributed by atoms with Crippen molar-refractivity contribution in [1.29, 1.82) is 0 Å². The molecule has 132 valence electrons. The number of pyridine rings is 2. The Bertz CT molecular complexity index is 993. The Hall–Kier alpha value is -3.15. The van der Waals surface area contributed by atoms with Crippen LogP contribution < -0.4 is 10.6 Å². The summed E-state index contributed by atoms with van der Waals surface area (Å²) >= 11 is 0. The Kier molecular flexibility index (Phi) is 4.16. The largest absolute Gasteiger partial charge is 0.507 e. The second-order valence-corrected chi connectivity index (χ2v) is 6.48. The second-order valence-electron chi connectivity index (χ2n) is 6.48. The normalized spacial score (nSPS) is 14.6. The fourth-order valence-corrected chi connectivity index (χ4v) is 3.35. The van der Waals surface area contributed by atoms with Gasteiger partial charge in [0.2, 0.25) is 0 Å². The van der Waals surface area contributed by atoms with Crippen LogP contribution in [0.1, 0.15) is 18.4 Å².